The summed E-state index contributed by atoms with van der Waals surface area (Å²) in [5.41, 5.74) is 6.76. The van der Waals surface area contributed by atoms with Gasteiger partial charge in [0.25, 0.3) is 0 Å². The molecule has 0 bridgehead atoms. The maximum atomic E-state index is 5.70. The van der Waals surface area contributed by atoms with Gasteiger partial charge in [0.2, 0.25) is 0 Å². The maximum Gasteiger partial charge on any atom is 0.0755 e. The van der Waals surface area contributed by atoms with Crippen molar-refractivity contribution in [3.63, 3.8) is 0 Å². The molecule has 0 radical (unpaired) electrons. The summed E-state index contributed by atoms with van der Waals surface area (Å²) in [6.45, 7) is 5.28. The Bertz CT molecular complexity index is 306. The van der Waals surface area contributed by atoms with Crippen LogP contribution in [0.1, 0.15) is 31.5 Å². The second-order valence-corrected chi connectivity index (χ2v) is 4.52. The van der Waals surface area contributed by atoms with E-state index in [4.69, 9.17) is 5.73 Å². The Morgan fingerprint density at radius 2 is 2.19 bits per heavy atom. The van der Waals surface area contributed by atoms with Gasteiger partial charge in [-0.05, 0) is 45.3 Å². The van der Waals surface area contributed by atoms with E-state index < -0.39 is 0 Å². The van der Waals surface area contributed by atoms with Gasteiger partial charge in [0.15, 0.2) is 0 Å². The Morgan fingerprint density at radius 3 is 2.75 bits per heavy atom. The molecule has 0 unspecified atom stereocenters. The van der Waals surface area contributed by atoms with Crippen molar-refractivity contribution in [2.75, 3.05) is 19.6 Å². The molecule has 1 aromatic rings. The minimum Gasteiger partial charge on any atom is -0.330 e. The van der Waals surface area contributed by atoms with Crippen LogP contribution >= 0.6 is 0 Å². The van der Waals surface area contributed by atoms with Crippen molar-refractivity contribution < 1.29 is 0 Å². The summed E-state index contributed by atoms with van der Waals surface area (Å²) >= 11 is 0. The van der Waals surface area contributed by atoms with Gasteiger partial charge in [-0.25, -0.2) is 0 Å². The first-order valence-electron chi connectivity index (χ1n) is 6.01. The Labute approximate surface area is 96.9 Å². The first-order valence-corrected chi connectivity index (χ1v) is 6.01. The number of hydrogen-bond acceptors (Lipinski definition) is 4. The second kappa shape index (κ2) is 5.37. The van der Waals surface area contributed by atoms with E-state index in [0.29, 0.717) is 12.0 Å². The van der Waals surface area contributed by atoms with Crippen molar-refractivity contribution >= 4 is 0 Å². The predicted molar refractivity (Wildman–Crippen MR) is 63.8 cm³/mol. The fourth-order valence-corrected chi connectivity index (χ4v) is 2.29. The highest BCUT2D eigenvalue weighted by Gasteiger charge is 2.23. The summed E-state index contributed by atoms with van der Waals surface area (Å²) in [6, 6.07) is 0.368. The third-order valence-corrected chi connectivity index (χ3v) is 3.54. The van der Waals surface area contributed by atoms with Gasteiger partial charge in [0, 0.05) is 18.6 Å². The van der Waals surface area contributed by atoms with Gasteiger partial charge in [-0.1, -0.05) is 0 Å². The lowest BCUT2D eigenvalue weighted by Crippen LogP contribution is -2.37. The van der Waals surface area contributed by atoms with Gasteiger partial charge < -0.3 is 5.73 Å². The zero-order valence-electron chi connectivity index (χ0n) is 9.84. The van der Waals surface area contributed by atoms with Crippen LogP contribution in [-0.2, 0) is 0 Å². The van der Waals surface area contributed by atoms with E-state index in [1.807, 2.05) is 6.20 Å². The van der Waals surface area contributed by atoms with E-state index in [1.54, 1.807) is 12.4 Å². The number of piperidine rings is 1. The van der Waals surface area contributed by atoms with Crippen LogP contribution in [0, 0.1) is 5.92 Å². The van der Waals surface area contributed by atoms with Crippen LogP contribution in [-0.4, -0.2) is 34.5 Å². The van der Waals surface area contributed by atoms with E-state index in [9.17, 15) is 0 Å². The second-order valence-electron chi connectivity index (χ2n) is 4.52. The third-order valence-electron chi connectivity index (χ3n) is 3.54. The molecule has 1 atom stereocenters. The number of nitrogens with two attached hydrogens (primary N) is 1. The van der Waals surface area contributed by atoms with Gasteiger partial charge in [-0.2, -0.15) is 0 Å². The summed E-state index contributed by atoms with van der Waals surface area (Å²) in [5.74, 6) is 0.713. The molecular formula is C12H20N4. The molecule has 0 saturated carbocycles. The molecule has 16 heavy (non-hydrogen) atoms. The standard InChI is InChI=1S/C12H20N4/c1-10(12-9-14-4-5-15-12)16-6-2-11(8-13)3-7-16/h4-5,9-11H,2-3,6-8,13H2,1H3/t10-/m0/s1. The highest BCUT2D eigenvalue weighted by Crippen LogP contribution is 2.24. The van der Waals surface area contributed by atoms with Crippen LogP contribution < -0.4 is 5.73 Å². The van der Waals surface area contributed by atoms with Gasteiger partial charge in [0.1, 0.15) is 0 Å². The van der Waals surface area contributed by atoms with Crippen molar-refractivity contribution in [1.82, 2.24) is 14.9 Å². The van der Waals surface area contributed by atoms with Crippen molar-refractivity contribution in [2.45, 2.75) is 25.8 Å². The zero-order valence-corrected chi connectivity index (χ0v) is 9.84. The molecule has 1 aromatic heterocycles. The van der Waals surface area contributed by atoms with Gasteiger partial charge in [-0.15, -0.1) is 0 Å². The number of nitrogens with zero attached hydrogens (tertiary/aromatic N) is 3. The highest BCUT2D eigenvalue weighted by atomic mass is 15.2. The van der Waals surface area contributed by atoms with Crippen LogP contribution in [0.2, 0.25) is 0 Å². The summed E-state index contributed by atoms with van der Waals surface area (Å²) in [5, 5.41) is 0. The van der Waals surface area contributed by atoms with Crippen LogP contribution in [0.4, 0.5) is 0 Å². The molecule has 1 aliphatic heterocycles. The Morgan fingerprint density at radius 1 is 1.44 bits per heavy atom. The summed E-state index contributed by atoms with van der Waals surface area (Å²) in [7, 11) is 0. The average Bonchev–Trinajstić information content (AvgIpc) is 2.39. The van der Waals surface area contributed by atoms with Crippen LogP contribution in [0.15, 0.2) is 18.6 Å². The van der Waals surface area contributed by atoms with Crippen molar-refractivity contribution in [2.24, 2.45) is 11.7 Å². The van der Waals surface area contributed by atoms with Gasteiger partial charge in [-0.3, -0.25) is 14.9 Å². The summed E-state index contributed by atoms with van der Waals surface area (Å²) in [4.78, 5) is 11.0. The maximum absolute atomic E-state index is 5.70. The average molecular weight is 220 g/mol. The number of rotatable bonds is 3. The van der Waals surface area contributed by atoms with E-state index in [0.717, 1.165) is 25.3 Å². The van der Waals surface area contributed by atoms with E-state index in [2.05, 4.69) is 21.8 Å². The van der Waals surface area contributed by atoms with Crippen molar-refractivity contribution in [3.05, 3.63) is 24.3 Å². The fraction of sp³-hybridized carbons (Fsp3) is 0.667. The predicted octanol–water partition coefficient (Wildman–Crippen LogP) is 1.21. The Hall–Kier alpha value is -1.00. The molecule has 2 rings (SSSR count). The monoisotopic (exact) mass is 220 g/mol. The smallest absolute Gasteiger partial charge is 0.0755 e. The molecule has 4 heteroatoms. The quantitative estimate of drug-likeness (QED) is 0.832. The molecule has 4 nitrogen and oxygen atoms in total. The minimum absolute atomic E-state index is 0.368. The fourth-order valence-electron chi connectivity index (χ4n) is 2.29. The first-order chi connectivity index (χ1) is 7.81. The lowest BCUT2D eigenvalue weighted by Gasteiger charge is -2.35. The highest BCUT2D eigenvalue weighted by molar-refractivity contribution is 5.01. The van der Waals surface area contributed by atoms with Crippen molar-refractivity contribution in [1.29, 1.82) is 0 Å². The molecule has 88 valence electrons. The van der Waals surface area contributed by atoms with Crippen LogP contribution in [0.3, 0.4) is 0 Å². The van der Waals surface area contributed by atoms with Crippen molar-refractivity contribution in [3.8, 4) is 0 Å². The van der Waals surface area contributed by atoms with Gasteiger partial charge in [0.05, 0.1) is 11.7 Å². The Balaban J connectivity index is 1.94. The molecule has 0 spiro atoms. The Kier molecular flexibility index (Phi) is 3.85. The normalized spacial score (nSPS) is 20.9. The molecule has 0 aliphatic carbocycles. The molecule has 0 aromatic carbocycles. The molecule has 0 amide bonds. The van der Waals surface area contributed by atoms with E-state index in [1.165, 1.54) is 12.8 Å². The van der Waals surface area contributed by atoms with Crippen LogP contribution in [0.5, 0.6) is 0 Å². The molecule has 1 saturated heterocycles. The third kappa shape index (κ3) is 2.57. The molecule has 1 aliphatic rings. The topological polar surface area (TPSA) is 55.0 Å². The lowest BCUT2D eigenvalue weighted by atomic mass is 9.96. The number of hydrogen-bond donors (Lipinski definition) is 1. The SMILES string of the molecule is C[C@@H](c1cnccn1)N1CCC(CN)CC1. The zero-order chi connectivity index (χ0) is 11.4. The number of aromatic nitrogens is 2. The molecule has 2 N–H and O–H groups in total. The lowest BCUT2D eigenvalue weighted by molar-refractivity contribution is 0.141. The molecule has 2 heterocycles. The molecule has 1 fully saturated rings. The first kappa shape index (κ1) is 11.5. The summed E-state index contributed by atoms with van der Waals surface area (Å²) < 4.78 is 0. The van der Waals surface area contributed by atoms with E-state index >= 15 is 0 Å². The largest absolute Gasteiger partial charge is 0.330 e. The molecular weight excluding hydrogens is 200 g/mol. The number of likely N-dealkylation sites (tertiary alicyclic amines) is 1. The minimum atomic E-state index is 0.368. The van der Waals surface area contributed by atoms with E-state index in [-0.39, 0.29) is 0 Å². The van der Waals surface area contributed by atoms with Gasteiger partial charge >= 0.3 is 0 Å². The van der Waals surface area contributed by atoms with Crippen LogP contribution in [0.25, 0.3) is 0 Å². The summed E-state index contributed by atoms with van der Waals surface area (Å²) in [6.07, 6.45) is 7.76.